The van der Waals surface area contributed by atoms with E-state index in [1.54, 1.807) is 0 Å². The standard InChI is InChI=1S/C30H52N2O3/c1-6-10-12-16-25-23-35-30(9-4,20-11-7-2)24-32(28(33)19-15-22-31-21-8-3)27-18-14-13-17-26(27)29(25,5)34/h13-14,17-18,25,31,34H,6-12,15-16,19-24H2,1-5H3. The van der Waals surface area contributed by atoms with Gasteiger partial charge in [-0.1, -0.05) is 78.0 Å². The van der Waals surface area contributed by atoms with E-state index in [0.29, 0.717) is 19.6 Å². The van der Waals surface area contributed by atoms with Crippen molar-refractivity contribution in [3.8, 4) is 0 Å². The lowest BCUT2D eigenvalue weighted by atomic mass is 9.79. The van der Waals surface area contributed by atoms with Gasteiger partial charge in [0.15, 0.2) is 0 Å². The number of unbranched alkanes of at least 4 members (excludes halogenated alkanes) is 3. The predicted molar refractivity (Wildman–Crippen MR) is 147 cm³/mol. The van der Waals surface area contributed by atoms with E-state index >= 15 is 0 Å². The summed E-state index contributed by atoms with van der Waals surface area (Å²) in [6.45, 7) is 13.6. The van der Waals surface area contributed by atoms with Crippen molar-refractivity contribution in [3.63, 3.8) is 0 Å². The van der Waals surface area contributed by atoms with Gasteiger partial charge in [0.2, 0.25) is 5.91 Å². The van der Waals surface area contributed by atoms with E-state index in [1.165, 1.54) is 0 Å². The molecule has 0 aliphatic carbocycles. The molecule has 0 aromatic heterocycles. The van der Waals surface area contributed by atoms with Gasteiger partial charge in [-0.3, -0.25) is 4.79 Å². The van der Waals surface area contributed by atoms with E-state index < -0.39 is 11.2 Å². The lowest BCUT2D eigenvalue weighted by Gasteiger charge is -2.38. The van der Waals surface area contributed by atoms with Gasteiger partial charge in [0.25, 0.3) is 0 Å². The number of aliphatic hydroxyl groups is 1. The zero-order chi connectivity index (χ0) is 25.7. The van der Waals surface area contributed by atoms with Gasteiger partial charge in [-0.15, -0.1) is 0 Å². The third kappa shape index (κ3) is 8.30. The smallest absolute Gasteiger partial charge is 0.227 e. The van der Waals surface area contributed by atoms with E-state index in [2.05, 4.69) is 33.0 Å². The van der Waals surface area contributed by atoms with Crippen molar-refractivity contribution in [2.24, 2.45) is 5.92 Å². The largest absolute Gasteiger partial charge is 0.385 e. The number of fused-ring (bicyclic) bond motifs is 1. The Balaban J connectivity index is 2.47. The molecule has 1 aromatic carbocycles. The molecule has 0 saturated carbocycles. The first-order chi connectivity index (χ1) is 16.8. The highest BCUT2D eigenvalue weighted by Gasteiger charge is 2.43. The second-order valence-corrected chi connectivity index (χ2v) is 10.6. The molecule has 1 aliphatic heterocycles. The Morgan fingerprint density at radius 3 is 2.49 bits per heavy atom. The zero-order valence-corrected chi connectivity index (χ0v) is 23.2. The molecule has 200 valence electrons. The number of hydrogen-bond acceptors (Lipinski definition) is 4. The van der Waals surface area contributed by atoms with Crippen LogP contribution in [0, 0.1) is 5.92 Å². The minimum absolute atomic E-state index is 0.0175. The average molecular weight is 489 g/mol. The second kappa shape index (κ2) is 15.0. The first-order valence-corrected chi connectivity index (χ1v) is 14.3. The number of benzene rings is 1. The highest BCUT2D eigenvalue weighted by molar-refractivity contribution is 5.94. The molecule has 0 bridgehead atoms. The van der Waals surface area contributed by atoms with Gasteiger partial charge in [-0.05, 0) is 58.2 Å². The fourth-order valence-electron chi connectivity index (χ4n) is 5.29. The number of carbonyl (C=O) groups is 1. The first-order valence-electron chi connectivity index (χ1n) is 14.3. The average Bonchev–Trinajstić information content (AvgIpc) is 2.90. The Labute approximate surface area is 215 Å². The van der Waals surface area contributed by atoms with E-state index in [9.17, 15) is 9.90 Å². The Morgan fingerprint density at radius 2 is 1.80 bits per heavy atom. The molecular weight excluding hydrogens is 436 g/mol. The molecule has 2 N–H and O–H groups in total. The van der Waals surface area contributed by atoms with Crippen LogP contribution in [0.25, 0.3) is 0 Å². The summed E-state index contributed by atoms with van der Waals surface area (Å²) >= 11 is 0. The molecule has 1 amide bonds. The molecule has 1 heterocycles. The SMILES string of the molecule is CCCCCC1COC(CC)(CCCC)CN(C(=O)CCCNCCC)c2ccccc2C1(C)O. The number of rotatable bonds is 14. The molecular formula is C30H52N2O3. The maximum Gasteiger partial charge on any atom is 0.227 e. The number of hydrogen-bond donors (Lipinski definition) is 2. The monoisotopic (exact) mass is 488 g/mol. The van der Waals surface area contributed by atoms with Gasteiger partial charge >= 0.3 is 0 Å². The summed E-state index contributed by atoms with van der Waals surface area (Å²) in [5.41, 5.74) is 0.234. The molecule has 5 nitrogen and oxygen atoms in total. The fraction of sp³-hybridized carbons (Fsp3) is 0.767. The lowest BCUT2D eigenvalue weighted by Crippen LogP contribution is -2.48. The third-order valence-corrected chi connectivity index (χ3v) is 7.83. The van der Waals surface area contributed by atoms with Crippen LogP contribution in [0.4, 0.5) is 5.69 Å². The van der Waals surface area contributed by atoms with Crippen LogP contribution < -0.4 is 10.2 Å². The Kier molecular flexibility index (Phi) is 12.7. The van der Waals surface area contributed by atoms with Crippen LogP contribution in [0.15, 0.2) is 24.3 Å². The van der Waals surface area contributed by atoms with Crippen molar-refractivity contribution < 1.29 is 14.6 Å². The predicted octanol–water partition coefficient (Wildman–Crippen LogP) is 6.57. The molecule has 0 spiro atoms. The topological polar surface area (TPSA) is 61.8 Å². The van der Waals surface area contributed by atoms with E-state index in [4.69, 9.17) is 4.74 Å². The molecule has 3 atom stereocenters. The van der Waals surface area contributed by atoms with E-state index in [1.807, 2.05) is 36.1 Å². The van der Waals surface area contributed by atoms with Crippen molar-refractivity contribution in [1.29, 1.82) is 0 Å². The van der Waals surface area contributed by atoms with E-state index in [0.717, 1.165) is 88.5 Å². The lowest BCUT2D eigenvalue weighted by molar-refractivity contribution is -0.123. The molecule has 2 rings (SSSR count). The quantitative estimate of drug-likeness (QED) is 0.291. The summed E-state index contributed by atoms with van der Waals surface area (Å²) in [5.74, 6) is 0.102. The maximum atomic E-state index is 13.7. The summed E-state index contributed by atoms with van der Waals surface area (Å²) in [4.78, 5) is 15.7. The Bertz CT molecular complexity index is 751. The van der Waals surface area contributed by atoms with Gasteiger partial charge in [-0.2, -0.15) is 0 Å². The van der Waals surface area contributed by atoms with Crippen molar-refractivity contribution >= 4 is 11.6 Å². The summed E-state index contributed by atoms with van der Waals surface area (Å²) in [6, 6.07) is 8.00. The molecule has 0 fully saturated rings. The normalized spacial score (nSPS) is 25.0. The van der Waals surface area contributed by atoms with Gasteiger partial charge in [0, 0.05) is 23.6 Å². The molecule has 1 aliphatic rings. The number of anilines is 1. The number of para-hydroxylation sites is 1. The van der Waals surface area contributed by atoms with Crippen LogP contribution in [0.2, 0.25) is 0 Å². The van der Waals surface area contributed by atoms with Crippen molar-refractivity contribution in [1.82, 2.24) is 5.32 Å². The van der Waals surface area contributed by atoms with Crippen molar-refractivity contribution in [2.45, 2.75) is 116 Å². The van der Waals surface area contributed by atoms with Crippen LogP contribution in [0.3, 0.4) is 0 Å². The van der Waals surface area contributed by atoms with Crippen LogP contribution >= 0.6 is 0 Å². The van der Waals surface area contributed by atoms with Crippen LogP contribution in [-0.4, -0.2) is 42.9 Å². The summed E-state index contributed by atoms with van der Waals surface area (Å²) in [7, 11) is 0. The fourth-order valence-corrected chi connectivity index (χ4v) is 5.29. The van der Waals surface area contributed by atoms with Crippen LogP contribution in [0.5, 0.6) is 0 Å². The number of nitrogens with one attached hydrogen (secondary N) is 1. The minimum atomic E-state index is -1.07. The number of ether oxygens (including phenoxy) is 1. The van der Waals surface area contributed by atoms with Gasteiger partial charge in [0.05, 0.1) is 24.4 Å². The first kappa shape index (κ1) is 29.8. The molecule has 0 radical (unpaired) electrons. The number of nitrogens with zero attached hydrogens (tertiary/aromatic N) is 1. The van der Waals surface area contributed by atoms with Crippen molar-refractivity contribution in [3.05, 3.63) is 29.8 Å². The summed E-state index contributed by atoms with van der Waals surface area (Å²) < 4.78 is 6.78. The van der Waals surface area contributed by atoms with Gasteiger partial charge < -0.3 is 20.1 Å². The molecule has 3 unspecified atom stereocenters. The highest BCUT2D eigenvalue weighted by Crippen LogP contribution is 2.42. The number of amides is 1. The van der Waals surface area contributed by atoms with Crippen molar-refractivity contribution in [2.75, 3.05) is 31.1 Å². The van der Waals surface area contributed by atoms with E-state index in [-0.39, 0.29) is 11.8 Å². The minimum Gasteiger partial charge on any atom is -0.385 e. The highest BCUT2D eigenvalue weighted by atomic mass is 16.5. The maximum absolute atomic E-state index is 13.7. The molecule has 0 saturated heterocycles. The molecule has 1 aromatic rings. The Hall–Kier alpha value is -1.43. The summed E-state index contributed by atoms with van der Waals surface area (Å²) in [6.07, 6.45) is 10.6. The van der Waals surface area contributed by atoms with Crippen LogP contribution in [-0.2, 0) is 15.1 Å². The summed E-state index contributed by atoms with van der Waals surface area (Å²) in [5, 5.41) is 15.4. The zero-order valence-electron chi connectivity index (χ0n) is 23.2. The Morgan fingerprint density at radius 1 is 1.06 bits per heavy atom. The third-order valence-electron chi connectivity index (χ3n) is 7.83. The molecule has 35 heavy (non-hydrogen) atoms. The second-order valence-electron chi connectivity index (χ2n) is 10.6. The van der Waals surface area contributed by atoms with Crippen LogP contribution in [0.1, 0.15) is 111 Å². The van der Waals surface area contributed by atoms with Gasteiger partial charge in [-0.25, -0.2) is 0 Å². The van der Waals surface area contributed by atoms with Gasteiger partial charge in [0.1, 0.15) is 0 Å². The number of carbonyl (C=O) groups excluding carboxylic acids is 1. The molecule has 5 heteroatoms.